The Morgan fingerprint density at radius 3 is 1.64 bits per heavy atom. The number of rotatable bonds is 6. The van der Waals surface area contributed by atoms with Crippen molar-refractivity contribution in [1.29, 1.82) is 0 Å². The number of carbonyl (C=O) groups is 1. The van der Waals surface area contributed by atoms with Crippen molar-refractivity contribution in [2.45, 2.75) is 103 Å². The van der Waals surface area contributed by atoms with Gasteiger partial charge >= 0.3 is 0 Å². The Bertz CT molecular complexity index is 310. The van der Waals surface area contributed by atoms with E-state index in [4.69, 9.17) is 0 Å². The summed E-state index contributed by atoms with van der Waals surface area (Å²) in [5.41, 5.74) is 0. The second kappa shape index (κ2) is 8.90. The molecule has 2 rings (SSSR count). The first kappa shape index (κ1) is 17.8. The number of hydrogen-bond acceptors (Lipinski definition) is 2. The van der Waals surface area contributed by atoms with Gasteiger partial charge in [0.25, 0.3) is 0 Å². The smallest absolute Gasteiger partial charge is 0.240 e. The van der Waals surface area contributed by atoms with E-state index in [0.717, 1.165) is 13.1 Å². The van der Waals surface area contributed by atoms with Gasteiger partial charge in [-0.2, -0.15) is 0 Å². The molecule has 0 heterocycles. The third kappa shape index (κ3) is 4.24. The van der Waals surface area contributed by atoms with E-state index in [0.29, 0.717) is 18.0 Å². The van der Waals surface area contributed by atoms with E-state index >= 15 is 0 Å². The Labute approximate surface area is 137 Å². The van der Waals surface area contributed by atoms with Gasteiger partial charge in [-0.3, -0.25) is 9.69 Å². The highest BCUT2D eigenvalue weighted by molar-refractivity contribution is 5.82. The minimum atomic E-state index is 0.0406. The van der Waals surface area contributed by atoms with Crippen molar-refractivity contribution in [3.63, 3.8) is 0 Å². The largest absolute Gasteiger partial charge is 0.335 e. The van der Waals surface area contributed by atoms with Crippen molar-refractivity contribution in [3.8, 4) is 0 Å². The van der Waals surface area contributed by atoms with Crippen LogP contribution in [0.4, 0.5) is 0 Å². The van der Waals surface area contributed by atoms with Crippen molar-refractivity contribution in [3.05, 3.63) is 0 Å². The molecule has 2 aliphatic carbocycles. The highest BCUT2D eigenvalue weighted by Gasteiger charge is 2.35. The molecule has 1 unspecified atom stereocenters. The number of hydrogen-bond donors (Lipinski definition) is 0. The van der Waals surface area contributed by atoms with Gasteiger partial charge in [0.15, 0.2) is 0 Å². The predicted octanol–water partition coefficient (Wildman–Crippen LogP) is 4.21. The molecule has 1 amide bonds. The minimum Gasteiger partial charge on any atom is -0.335 e. The average Bonchev–Trinajstić information content (AvgIpc) is 2.58. The lowest BCUT2D eigenvalue weighted by Crippen LogP contribution is -2.55. The molecule has 0 bridgehead atoms. The van der Waals surface area contributed by atoms with Gasteiger partial charge in [0.1, 0.15) is 0 Å². The van der Waals surface area contributed by atoms with E-state index in [9.17, 15) is 4.79 Å². The number of likely N-dealkylation sites (N-methyl/N-ethyl adjacent to an activating group) is 1. The molecule has 3 heteroatoms. The molecule has 0 N–H and O–H groups in total. The van der Waals surface area contributed by atoms with Gasteiger partial charge in [0.05, 0.1) is 6.04 Å². The van der Waals surface area contributed by atoms with Crippen LogP contribution in [0.1, 0.15) is 85.0 Å². The summed E-state index contributed by atoms with van der Waals surface area (Å²) in [6, 6.07) is 1.07. The van der Waals surface area contributed by atoms with Crippen molar-refractivity contribution < 1.29 is 4.79 Å². The lowest BCUT2D eigenvalue weighted by molar-refractivity contribution is -0.143. The fourth-order valence-corrected chi connectivity index (χ4v) is 4.52. The second-order valence-corrected chi connectivity index (χ2v) is 7.23. The number of nitrogens with zero attached hydrogens (tertiary/aromatic N) is 2. The van der Waals surface area contributed by atoms with Gasteiger partial charge in [0.2, 0.25) is 5.91 Å². The highest BCUT2D eigenvalue weighted by atomic mass is 16.2. The summed E-state index contributed by atoms with van der Waals surface area (Å²) in [6.45, 7) is 8.38. The monoisotopic (exact) mass is 308 g/mol. The van der Waals surface area contributed by atoms with Crippen LogP contribution in [0.3, 0.4) is 0 Å². The van der Waals surface area contributed by atoms with Crippen molar-refractivity contribution in [2.75, 3.05) is 13.1 Å². The van der Waals surface area contributed by atoms with E-state index < -0.39 is 0 Å². The molecule has 2 saturated carbocycles. The zero-order valence-electron chi connectivity index (χ0n) is 15.0. The van der Waals surface area contributed by atoms with Crippen molar-refractivity contribution in [2.24, 2.45) is 0 Å². The Morgan fingerprint density at radius 2 is 1.27 bits per heavy atom. The fourth-order valence-electron chi connectivity index (χ4n) is 4.52. The fraction of sp³-hybridized carbons (Fsp3) is 0.947. The molecule has 0 aromatic rings. The SMILES string of the molecule is CCN(CC)C(C)C(=O)N(C1CCCCC1)C1CCCCC1. The van der Waals surface area contributed by atoms with Crippen LogP contribution in [0.15, 0.2) is 0 Å². The quantitative estimate of drug-likeness (QED) is 0.734. The summed E-state index contributed by atoms with van der Waals surface area (Å²) in [4.78, 5) is 18.0. The molecular formula is C19H36N2O. The normalized spacial score (nSPS) is 22.7. The lowest BCUT2D eigenvalue weighted by atomic mass is 9.88. The molecule has 0 saturated heterocycles. The molecule has 2 fully saturated rings. The molecule has 128 valence electrons. The summed E-state index contributed by atoms with van der Waals surface area (Å²) in [7, 11) is 0. The molecule has 0 spiro atoms. The van der Waals surface area contributed by atoms with Crippen LogP contribution in [-0.2, 0) is 4.79 Å². The molecule has 3 nitrogen and oxygen atoms in total. The number of amides is 1. The molecular weight excluding hydrogens is 272 g/mol. The van der Waals surface area contributed by atoms with E-state index in [2.05, 4.69) is 30.6 Å². The molecule has 0 radical (unpaired) electrons. The first-order valence-electron chi connectivity index (χ1n) is 9.75. The minimum absolute atomic E-state index is 0.0406. The van der Waals surface area contributed by atoms with Crippen LogP contribution in [-0.4, -0.2) is 46.9 Å². The van der Waals surface area contributed by atoms with E-state index in [1.165, 1.54) is 64.2 Å². The van der Waals surface area contributed by atoms with Crippen LogP contribution < -0.4 is 0 Å². The van der Waals surface area contributed by atoms with Gasteiger partial charge in [-0.15, -0.1) is 0 Å². The Hall–Kier alpha value is -0.570. The predicted molar refractivity (Wildman–Crippen MR) is 93.0 cm³/mol. The van der Waals surface area contributed by atoms with Crippen molar-refractivity contribution >= 4 is 5.91 Å². The van der Waals surface area contributed by atoms with E-state index in [-0.39, 0.29) is 6.04 Å². The highest BCUT2D eigenvalue weighted by Crippen LogP contribution is 2.31. The van der Waals surface area contributed by atoms with E-state index in [1.54, 1.807) is 0 Å². The maximum atomic E-state index is 13.3. The Kier molecular flexibility index (Phi) is 7.20. The third-order valence-electron chi connectivity index (χ3n) is 5.91. The topological polar surface area (TPSA) is 23.6 Å². The van der Waals surface area contributed by atoms with Gasteiger partial charge < -0.3 is 4.90 Å². The second-order valence-electron chi connectivity index (χ2n) is 7.23. The van der Waals surface area contributed by atoms with Crippen LogP contribution in [0, 0.1) is 0 Å². The number of carbonyl (C=O) groups excluding carboxylic acids is 1. The Morgan fingerprint density at radius 1 is 0.864 bits per heavy atom. The Balaban J connectivity index is 2.12. The summed E-state index contributed by atoms with van der Waals surface area (Å²) >= 11 is 0. The maximum Gasteiger partial charge on any atom is 0.240 e. The summed E-state index contributed by atoms with van der Waals surface area (Å²) in [5, 5.41) is 0. The molecule has 0 aromatic carbocycles. The van der Waals surface area contributed by atoms with Crippen LogP contribution >= 0.6 is 0 Å². The average molecular weight is 309 g/mol. The maximum absolute atomic E-state index is 13.3. The van der Waals surface area contributed by atoms with Gasteiger partial charge in [0, 0.05) is 12.1 Å². The third-order valence-corrected chi connectivity index (χ3v) is 5.91. The molecule has 0 aromatic heterocycles. The van der Waals surface area contributed by atoms with Crippen LogP contribution in [0.2, 0.25) is 0 Å². The molecule has 2 aliphatic rings. The van der Waals surface area contributed by atoms with Crippen LogP contribution in [0.5, 0.6) is 0 Å². The summed E-state index contributed by atoms with van der Waals surface area (Å²) in [6.07, 6.45) is 12.9. The zero-order chi connectivity index (χ0) is 15.9. The molecule has 1 atom stereocenters. The van der Waals surface area contributed by atoms with Crippen molar-refractivity contribution in [1.82, 2.24) is 9.80 Å². The van der Waals surface area contributed by atoms with Crippen LogP contribution in [0.25, 0.3) is 0 Å². The molecule has 0 aliphatic heterocycles. The van der Waals surface area contributed by atoms with Gasteiger partial charge in [-0.25, -0.2) is 0 Å². The standard InChI is InChI=1S/C19H36N2O/c1-4-20(5-2)16(3)19(22)21(17-12-8-6-9-13-17)18-14-10-7-11-15-18/h16-18H,4-15H2,1-3H3. The lowest BCUT2D eigenvalue weighted by Gasteiger charge is -2.44. The van der Waals surface area contributed by atoms with E-state index in [1.807, 2.05) is 0 Å². The molecule has 22 heavy (non-hydrogen) atoms. The first-order valence-corrected chi connectivity index (χ1v) is 9.75. The van der Waals surface area contributed by atoms with Gasteiger partial charge in [-0.1, -0.05) is 52.4 Å². The first-order chi connectivity index (χ1) is 10.7. The summed E-state index contributed by atoms with van der Waals surface area (Å²) in [5.74, 6) is 0.405. The summed E-state index contributed by atoms with van der Waals surface area (Å²) < 4.78 is 0. The van der Waals surface area contributed by atoms with Gasteiger partial charge in [-0.05, 0) is 45.7 Å². The zero-order valence-corrected chi connectivity index (χ0v) is 15.0.